The third-order valence-electron chi connectivity index (χ3n) is 16.6. The number of aromatic carboxylic acids is 1. The van der Waals surface area contributed by atoms with Gasteiger partial charge in [-0.05, 0) is 72.3 Å². The average molecular weight is 1550 g/mol. The molecule has 0 radical (unpaired) electrons. The fraction of sp³-hybridized carbons (Fsp3) is 0.500. The molecule has 0 bridgehead atoms. The number of nitrogens with zero attached hydrogens (tertiary/aromatic N) is 6. The fourth-order valence-electron chi connectivity index (χ4n) is 10.9. The van der Waals surface area contributed by atoms with Crippen LogP contribution in [0.1, 0.15) is 40.0 Å². The molecule has 1 aliphatic carbocycles. The quantitative estimate of drug-likeness (QED) is 0.0201. The third-order valence-corrected chi connectivity index (χ3v) is 16.6. The van der Waals surface area contributed by atoms with Gasteiger partial charge in [0, 0.05) is 92.9 Å². The molecule has 0 saturated heterocycles. The Labute approximate surface area is 643 Å². The summed E-state index contributed by atoms with van der Waals surface area (Å²) in [5.41, 5.74) is 4.85. The minimum Gasteiger partial charge on any atom is -0.497 e. The number of benzene rings is 5. The molecule has 0 atom stereocenters. The van der Waals surface area contributed by atoms with Crippen molar-refractivity contribution in [3.05, 3.63) is 130 Å². The molecule has 3 heterocycles. The van der Waals surface area contributed by atoms with Crippen molar-refractivity contribution in [2.45, 2.75) is 19.3 Å². The van der Waals surface area contributed by atoms with Gasteiger partial charge in [-0.3, -0.25) is 19.2 Å². The monoisotopic (exact) mass is 1550 g/mol. The Kier molecular flexibility index (Phi) is 39.1. The van der Waals surface area contributed by atoms with E-state index in [-0.39, 0.29) is 93.2 Å². The number of para-hydroxylation sites is 2. The van der Waals surface area contributed by atoms with Gasteiger partial charge >= 0.3 is 11.7 Å². The van der Waals surface area contributed by atoms with E-state index in [0.29, 0.717) is 210 Å². The second kappa shape index (κ2) is 49.7. The van der Waals surface area contributed by atoms with Gasteiger partial charge in [-0.15, -0.1) is 5.10 Å². The number of methoxy groups -OCH3 is 1. The summed E-state index contributed by atoms with van der Waals surface area (Å²) >= 11 is 0. The maximum atomic E-state index is 13.6. The summed E-state index contributed by atoms with van der Waals surface area (Å²) in [5.74, 6) is -1.25. The first-order valence-electron chi connectivity index (χ1n) is 37.0. The molecular weight excluding hydrogens is 1440 g/mol. The zero-order valence-electron chi connectivity index (χ0n) is 64.0. The predicted octanol–water partition coefficient (Wildman–Crippen LogP) is 4.36. The number of carboxylic acids is 1. The van der Waals surface area contributed by atoms with Crippen LogP contribution < -0.4 is 46.5 Å². The van der Waals surface area contributed by atoms with Gasteiger partial charge < -0.3 is 107 Å². The van der Waals surface area contributed by atoms with E-state index in [0.717, 1.165) is 22.0 Å². The highest BCUT2D eigenvalue weighted by Crippen LogP contribution is 2.42. The van der Waals surface area contributed by atoms with Crippen molar-refractivity contribution in [3.63, 3.8) is 0 Å². The molecule has 1 aliphatic heterocycles. The molecule has 33 nitrogen and oxygen atoms in total. The highest BCUT2D eigenvalue weighted by Gasteiger charge is 2.25. The molecule has 0 fully saturated rings. The number of nitrogens with one attached hydrogen (secondary N) is 4. The van der Waals surface area contributed by atoms with Crippen molar-refractivity contribution >= 4 is 68.8 Å². The summed E-state index contributed by atoms with van der Waals surface area (Å²) in [7, 11) is 9.31. The smallest absolute Gasteiger partial charge is 0.355 e. The molecule has 604 valence electrons. The Bertz CT molecular complexity index is 4260. The summed E-state index contributed by atoms with van der Waals surface area (Å²) in [6.45, 7) is 11.4. The summed E-state index contributed by atoms with van der Waals surface area (Å²) in [5, 5.41) is 27.6. The molecule has 111 heavy (non-hydrogen) atoms. The number of carbonyl (C=O) groups is 5. The van der Waals surface area contributed by atoms with Crippen molar-refractivity contribution in [1.29, 1.82) is 0 Å². The number of fused-ring (bicyclic) bond motifs is 5. The van der Waals surface area contributed by atoms with Crippen molar-refractivity contribution in [2.75, 3.05) is 250 Å². The molecule has 8 rings (SSSR count). The number of rotatable bonds is 58. The molecule has 5 N–H and O–H groups in total. The molecule has 0 spiro atoms. The van der Waals surface area contributed by atoms with Crippen LogP contribution in [0.4, 0.5) is 11.5 Å². The van der Waals surface area contributed by atoms with Crippen LogP contribution in [0.3, 0.4) is 0 Å². The van der Waals surface area contributed by atoms with Gasteiger partial charge in [-0.25, -0.2) is 23.5 Å². The van der Waals surface area contributed by atoms with Gasteiger partial charge in [0.2, 0.25) is 28.7 Å². The van der Waals surface area contributed by atoms with Gasteiger partial charge in [-0.1, -0.05) is 18.2 Å². The van der Waals surface area contributed by atoms with Crippen molar-refractivity contribution < 1.29 is 105 Å². The number of aromatic nitrogens is 4. The van der Waals surface area contributed by atoms with E-state index < -0.39 is 23.5 Å². The number of carboxylic acid groups (broad SMARTS) is 1. The van der Waals surface area contributed by atoms with Crippen molar-refractivity contribution in [3.8, 4) is 33.9 Å². The van der Waals surface area contributed by atoms with E-state index >= 15 is 0 Å². The normalized spacial score (nSPS) is 11.5. The van der Waals surface area contributed by atoms with E-state index in [4.69, 9.17) is 75.5 Å². The first kappa shape index (κ1) is 87.2. The summed E-state index contributed by atoms with van der Waals surface area (Å²) in [4.78, 5) is 83.7. The van der Waals surface area contributed by atoms with E-state index in [9.17, 15) is 33.9 Å². The van der Waals surface area contributed by atoms with Crippen LogP contribution in [-0.2, 0) is 80.7 Å². The Balaban J connectivity index is 0.495. The van der Waals surface area contributed by atoms with Gasteiger partial charge in [-0.2, -0.15) is 4.68 Å². The molecule has 2 aliphatic rings. The van der Waals surface area contributed by atoms with Crippen molar-refractivity contribution in [2.24, 2.45) is 0 Å². The molecule has 33 heteroatoms. The Morgan fingerprint density at radius 2 is 0.973 bits per heavy atom. The van der Waals surface area contributed by atoms with Gasteiger partial charge in [0.25, 0.3) is 5.91 Å². The number of carbonyl (C=O) groups excluding carboxylic acids is 4. The Morgan fingerprint density at radius 1 is 0.505 bits per heavy atom. The lowest BCUT2D eigenvalue weighted by atomic mass is 9.89. The lowest BCUT2D eigenvalue weighted by Gasteiger charge is -2.19. The number of anilines is 2. The van der Waals surface area contributed by atoms with E-state index in [1.807, 2.05) is 74.1 Å². The number of hydrogen-bond acceptors (Lipinski definition) is 25. The summed E-state index contributed by atoms with van der Waals surface area (Å²) < 4.78 is 93.8. The molecule has 4 aromatic carbocycles. The first-order chi connectivity index (χ1) is 54.2. The fourth-order valence-corrected chi connectivity index (χ4v) is 10.9. The maximum Gasteiger partial charge on any atom is 0.355 e. The molecule has 6 aromatic rings. The summed E-state index contributed by atoms with van der Waals surface area (Å²) in [6, 6.07) is 30.2. The first-order valence-corrected chi connectivity index (χ1v) is 37.0. The van der Waals surface area contributed by atoms with E-state index in [2.05, 4.69) is 31.3 Å². The zero-order valence-corrected chi connectivity index (χ0v) is 64.0. The van der Waals surface area contributed by atoms with Crippen LogP contribution in [-0.4, -0.2) is 294 Å². The SMILES string of the molecule is COc1ccc(-n2nc3c(NC(=O)CCC(=O)NCCOCCOCCNC(=O)CCOCCOCCOCCOCCOCCOCCOCCOCCOCCOCCOCCOCCNC(=O)c4ccc(-c5c6ccc(=[N+](C)C)cc-6oc6cc(N(C)C)ccc56)c(C(=O)O)c4)nc4ccccc4n3c2=O)cc1. The zero-order chi connectivity index (χ0) is 78.6. The molecule has 2 aromatic heterocycles. The van der Waals surface area contributed by atoms with Crippen LogP contribution in [0.15, 0.2) is 112 Å². The lowest BCUT2D eigenvalue weighted by Crippen LogP contribution is -2.29. The van der Waals surface area contributed by atoms with Crippen LogP contribution in [0, 0.1) is 0 Å². The topological polar surface area (TPSA) is 364 Å². The second-order valence-electron chi connectivity index (χ2n) is 25.0. The third kappa shape index (κ3) is 30.0. The van der Waals surface area contributed by atoms with Crippen LogP contribution in [0.25, 0.3) is 55.8 Å². The minimum atomic E-state index is -1.16. The average Bonchev–Trinajstić information content (AvgIpc) is 1.73. The molecular formula is C78H105N10O23+. The van der Waals surface area contributed by atoms with Crippen LogP contribution in [0.5, 0.6) is 5.75 Å². The van der Waals surface area contributed by atoms with Crippen LogP contribution in [0.2, 0.25) is 0 Å². The number of amides is 4. The molecule has 0 saturated carbocycles. The predicted molar refractivity (Wildman–Crippen MR) is 412 cm³/mol. The van der Waals surface area contributed by atoms with Gasteiger partial charge in [0.1, 0.15) is 31.2 Å². The minimum absolute atomic E-state index is 0.00665. The standard InChI is InChI=1S/C78H104N10O23/c1-85(2)59-13-18-63-68(55-59)111-69-56-60(86(3)4)14-19-64(69)73(63)62-17-10-57(54-65(62)77(93)94)76(92)81-25-29-100-33-35-102-37-39-104-41-43-106-45-47-108-49-51-110-53-52-109-50-48-107-46-44-105-42-40-103-38-36-101-34-30-97-26-22-71(90)80-24-28-99-32-31-98-27-23-79-70(89)20-21-72(91)83-74-75-84-88(58-11-15-61(96-5)16-12-58)78(95)87(75)67-9-7-6-8-66(67)82-74/h6-19,54-56H,20-53H2,1-5H3,(H4-,79,80,81,82,83,89,90,91,92,93,94)/p+1. The lowest BCUT2D eigenvalue weighted by molar-refractivity contribution is -0.124. The second-order valence-corrected chi connectivity index (χ2v) is 25.0. The molecule has 0 unspecified atom stereocenters. The summed E-state index contributed by atoms with van der Waals surface area (Å²) in [6.07, 6.45) is -0.0201. The van der Waals surface area contributed by atoms with E-state index in [1.54, 1.807) is 67.8 Å². The Hall–Kier alpha value is -9.43. The maximum absolute atomic E-state index is 13.6. The van der Waals surface area contributed by atoms with Gasteiger partial charge in [0.15, 0.2) is 5.82 Å². The van der Waals surface area contributed by atoms with Gasteiger partial charge in [0.05, 0.1) is 220 Å². The highest BCUT2D eigenvalue weighted by atomic mass is 16.6. The Morgan fingerprint density at radius 3 is 1.47 bits per heavy atom. The van der Waals surface area contributed by atoms with Crippen molar-refractivity contribution in [1.82, 2.24) is 39.7 Å². The van der Waals surface area contributed by atoms with Crippen LogP contribution >= 0.6 is 0 Å². The molecule has 4 amide bonds. The largest absolute Gasteiger partial charge is 0.497 e. The van der Waals surface area contributed by atoms with E-state index in [1.165, 1.54) is 15.1 Å². The highest BCUT2D eigenvalue weighted by molar-refractivity contribution is 6.09. The number of hydrogen-bond donors (Lipinski definition) is 5. The number of ether oxygens (including phenoxy) is 15.